The molecule has 0 aromatic heterocycles. The van der Waals surface area contributed by atoms with E-state index in [-0.39, 0.29) is 5.91 Å². The number of aryl methyl sites for hydroxylation is 1. The van der Waals surface area contributed by atoms with Gasteiger partial charge in [-0.3, -0.25) is 4.79 Å². The second-order valence-electron chi connectivity index (χ2n) is 8.05. The number of nitrogens with zero attached hydrogens (tertiary/aromatic N) is 1. The first-order chi connectivity index (χ1) is 14.1. The lowest BCUT2D eigenvalue weighted by molar-refractivity contribution is 0.102. The third-order valence-electron chi connectivity index (χ3n) is 5.63. The minimum Gasteiger partial charge on any atom is -0.367 e. The molecule has 0 aliphatic carbocycles. The van der Waals surface area contributed by atoms with Crippen LogP contribution >= 0.6 is 0 Å². The molecule has 3 aromatic rings. The van der Waals surface area contributed by atoms with Gasteiger partial charge in [-0.15, -0.1) is 0 Å². The molecule has 0 fully saturated rings. The van der Waals surface area contributed by atoms with Crippen LogP contribution in [0.15, 0.2) is 72.8 Å². The molecule has 3 nitrogen and oxygen atoms in total. The fraction of sp³-hybridized carbons (Fsp3) is 0.269. The number of anilines is 2. The third kappa shape index (κ3) is 4.34. The Kier molecular flexibility index (Phi) is 5.66. The maximum atomic E-state index is 12.7. The highest BCUT2D eigenvalue weighted by Crippen LogP contribution is 2.28. The zero-order valence-corrected chi connectivity index (χ0v) is 17.2. The fourth-order valence-electron chi connectivity index (χ4n) is 4.07. The lowest BCUT2D eigenvalue weighted by Gasteiger charge is -2.31. The Morgan fingerprint density at radius 2 is 1.69 bits per heavy atom. The van der Waals surface area contributed by atoms with Gasteiger partial charge in [0.1, 0.15) is 0 Å². The zero-order chi connectivity index (χ0) is 20.2. The molecule has 1 amide bonds. The smallest absolute Gasteiger partial charge is 0.255 e. The van der Waals surface area contributed by atoms with Gasteiger partial charge in [0.05, 0.1) is 0 Å². The molecular weight excluding hydrogens is 356 g/mol. The van der Waals surface area contributed by atoms with Crippen LogP contribution < -0.4 is 10.2 Å². The minimum absolute atomic E-state index is 0.0621. The van der Waals surface area contributed by atoms with Crippen LogP contribution in [-0.2, 0) is 13.0 Å². The van der Waals surface area contributed by atoms with Crippen molar-refractivity contribution in [3.05, 3.63) is 95.1 Å². The highest BCUT2D eigenvalue weighted by atomic mass is 16.1. The Labute approximate surface area is 173 Å². The molecule has 0 bridgehead atoms. The van der Waals surface area contributed by atoms with Crippen molar-refractivity contribution in [2.45, 2.75) is 39.2 Å². The lowest BCUT2D eigenvalue weighted by atomic mass is 10.0. The van der Waals surface area contributed by atoms with Crippen LogP contribution in [0.3, 0.4) is 0 Å². The van der Waals surface area contributed by atoms with Gasteiger partial charge in [-0.2, -0.15) is 0 Å². The summed E-state index contributed by atoms with van der Waals surface area (Å²) in [7, 11) is 0. The van der Waals surface area contributed by atoms with Crippen LogP contribution in [-0.4, -0.2) is 12.5 Å². The zero-order valence-electron chi connectivity index (χ0n) is 17.2. The van der Waals surface area contributed by atoms with Crippen molar-refractivity contribution < 1.29 is 4.79 Å². The molecule has 148 valence electrons. The van der Waals surface area contributed by atoms with Crippen molar-refractivity contribution in [2.24, 2.45) is 0 Å². The van der Waals surface area contributed by atoms with E-state index < -0.39 is 0 Å². The summed E-state index contributed by atoms with van der Waals surface area (Å²) in [6.45, 7) is 6.22. The lowest BCUT2D eigenvalue weighted by Crippen LogP contribution is -2.28. The molecule has 0 saturated carbocycles. The normalized spacial score (nSPS) is 13.3. The van der Waals surface area contributed by atoms with E-state index in [2.05, 4.69) is 66.5 Å². The molecule has 1 aliphatic rings. The van der Waals surface area contributed by atoms with Gasteiger partial charge in [0.15, 0.2) is 0 Å². The van der Waals surface area contributed by atoms with Gasteiger partial charge < -0.3 is 10.2 Å². The van der Waals surface area contributed by atoms with Crippen LogP contribution in [0.5, 0.6) is 0 Å². The van der Waals surface area contributed by atoms with Gasteiger partial charge in [-0.25, -0.2) is 0 Å². The number of fused-ring (bicyclic) bond motifs is 1. The van der Waals surface area contributed by atoms with Crippen LogP contribution in [0.2, 0.25) is 0 Å². The molecule has 0 spiro atoms. The van der Waals surface area contributed by atoms with E-state index in [0.29, 0.717) is 11.5 Å². The predicted molar refractivity (Wildman–Crippen MR) is 121 cm³/mol. The maximum Gasteiger partial charge on any atom is 0.255 e. The van der Waals surface area contributed by atoms with Crippen molar-refractivity contribution in [3.8, 4) is 0 Å². The van der Waals surface area contributed by atoms with Gasteiger partial charge in [0.25, 0.3) is 5.91 Å². The Morgan fingerprint density at radius 1 is 0.966 bits per heavy atom. The molecule has 1 aliphatic heterocycles. The molecule has 3 heteroatoms. The topological polar surface area (TPSA) is 32.3 Å². The van der Waals surface area contributed by atoms with Crippen LogP contribution in [0, 0.1) is 0 Å². The van der Waals surface area contributed by atoms with Gasteiger partial charge in [0, 0.05) is 30.0 Å². The number of hydrogen-bond donors (Lipinski definition) is 1. The summed E-state index contributed by atoms with van der Waals surface area (Å²) in [5.41, 5.74) is 6.72. The van der Waals surface area contributed by atoms with Gasteiger partial charge in [-0.1, -0.05) is 62.4 Å². The molecule has 0 unspecified atom stereocenters. The van der Waals surface area contributed by atoms with Crippen molar-refractivity contribution in [1.29, 1.82) is 0 Å². The van der Waals surface area contributed by atoms with E-state index >= 15 is 0 Å². The Hall–Kier alpha value is -3.07. The minimum atomic E-state index is -0.0621. The number of rotatable bonds is 5. The second-order valence-corrected chi connectivity index (χ2v) is 8.05. The van der Waals surface area contributed by atoms with E-state index in [9.17, 15) is 4.79 Å². The Bertz CT molecular complexity index is 992. The molecule has 1 N–H and O–H groups in total. The third-order valence-corrected chi connectivity index (χ3v) is 5.63. The number of nitrogens with one attached hydrogen (secondary N) is 1. The number of amides is 1. The first-order valence-corrected chi connectivity index (χ1v) is 10.4. The average Bonchev–Trinajstić information content (AvgIpc) is 2.75. The highest BCUT2D eigenvalue weighted by Gasteiger charge is 2.16. The number of hydrogen-bond acceptors (Lipinski definition) is 2. The van der Waals surface area contributed by atoms with Crippen molar-refractivity contribution in [3.63, 3.8) is 0 Å². The largest absolute Gasteiger partial charge is 0.367 e. The van der Waals surface area contributed by atoms with E-state index in [1.54, 1.807) is 0 Å². The van der Waals surface area contributed by atoms with Crippen LogP contribution in [0.4, 0.5) is 11.4 Å². The van der Waals surface area contributed by atoms with Crippen molar-refractivity contribution in [1.82, 2.24) is 0 Å². The number of benzene rings is 3. The fourth-order valence-corrected chi connectivity index (χ4v) is 4.07. The van der Waals surface area contributed by atoms with E-state index in [0.717, 1.165) is 30.8 Å². The van der Waals surface area contributed by atoms with Crippen LogP contribution in [0.1, 0.15) is 53.2 Å². The summed E-state index contributed by atoms with van der Waals surface area (Å²) < 4.78 is 0. The quantitative estimate of drug-likeness (QED) is 0.584. The number of para-hydroxylation sites is 2. The summed E-state index contributed by atoms with van der Waals surface area (Å²) in [6, 6.07) is 24.7. The Balaban J connectivity index is 1.46. The maximum absolute atomic E-state index is 12.7. The molecule has 0 radical (unpaired) electrons. The first-order valence-electron chi connectivity index (χ1n) is 10.4. The summed E-state index contributed by atoms with van der Waals surface area (Å²) in [5.74, 6) is 0.300. The number of carbonyl (C=O) groups excluding carboxylic acids is 1. The monoisotopic (exact) mass is 384 g/mol. The molecule has 0 atom stereocenters. The standard InChI is InChI=1S/C26H28N2O/c1-19(2)23-10-4-5-11-24(23)27-26(29)22-15-13-20(14-16-22)18-28-17-7-9-21-8-3-6-12-25(21)28/h3-6,8,10-16,19H,7,9,17-18H2,1-2H3,(H,27,29). The molecule has 0 saturated heterocycles. The van der Waals surface area contributed by atoms with Gasteiger partial charge in [-0.05, 0) is 59.7 Å². The van der Waals surface area contributed by atoms with Crippen LogP contribution in [0.25, 0.3) is 0 Å². The van der Waals surface area contributed by atoms with Crippen molar-refractivity contribution >= 4 is 17.3 Å². The molecule has 29 heavy (non-hydrogen) atoms. The molecule has 1 heterocycles. The summed E-state index contributed by atoms with van der Waals surface area (Å²) >= 11 is 0. The number of carbonyl (C=O) groups is 1. The first kappa shape index (κ1) is 19.3. The molecule has 3 aromatic carbocycles. The SMILES string of the molecule is CC(C)c1ccccc1NC(=O)c1ccc(CN2CCCc3ccccc32)cc1. The van der Waals surface area contributed by atoms with Gasteiger partial charge in [0.2, 0.25) is 0 Å². The van der Waals surface area contributed by atoms with E-state index in [4.69, 9.17) is 0 Å². The highest BCUT2D eigenvalue weighted by molar-refractivity contribution is 6.04. The summed E-state index contributed by atoms with van der Waals surface area (Å²) in [6.07, 6.45) is 2.34. The summed E-state index contributed by atoms with van der Waals surface area (Å²) in [5, 5.41) is 3.07. The van der Waals surface area contributed by atoms with Crippen molar-refractivity contribution in [2.75, 3.05) is 16.8 Å². The molecule has 4 rings (SSSR count). The summed E-state index contributed by atoms with van der Waals surface area (Å²) in [4.78, 5) is 15.2. The Morgan fingerprint density at radius 3 is 2.48 bits per heavy atom. The van der Waals surface area contributed by atoms with E-state index in [1.165, 1.54) is 23.2 Å². The molecular formula is C26H28N2O. The predicted octanol–water partition coefficient (Wildman–Crippen LogP) is 6.02. The average molecular weight is 385 g/mol. The van der Waals surface area contributed by atoms with E-state index in [1.807, 2.05) is 30.3 Å². The van der Waals surface area contributed by atoms with Gasteiger partial charge >= 0.3 is 0 Å². The second kappa shape index (κ2) is 8.52.